The fraction of sp³-hybridized carbons (Fsp3) is 0.226. The molecule has 0 spiro atoms. The van der Waals surface area contributed by atoms with Crippen molar-refractivity contribution in [1.29, 1.82) is 0 Å². The van der Waals surface area contributed by atoms with Crippen LogP contribution in [0.25, 0.3) is 27.6 Å². The second kappa shape index (κ2) is 7.25. The molecule has 162 valence electrons. The van der Waals surface area contributed by atoms with Crippen LogP contribution in [0.3, 0.4) is 0 Å². The molecule has 1 heterocycles. The van der Waals surface area contributed by atoms with Crippen LogP contribution >= 0.6 is 0 Å². The number of allylic oxidation sites excluding steroid dienone is 4. The normalized spacial score (nSPS) is 20.4. The second-order valence-electron chi connectivity index (χ2n) is 10.0. The van der Waals surface area contributed by atoms with Gasteiger partial charge in [0.1, 0.15) is 0 Å². The van der Waals surface area contributed by atoms with Crippen molar-refractivity contribution in [3.8, 4) is 11.3 Å². The van der Waals surface area contributed by atoms with E-state index >= 15 is 0 Å². The highest BCUT2D eigenvalue weighted by atomic mass is 14.8. The van der Waals surface area contributed by atoms with E-state index in [4.69, 9.17) is 4.98 Å². The number of nitrogens with zero attached hydrogens (tertiary/aromatic N) is 2. The third-order valence-corrected chi connectivity index (χ3v) is 7.61. The van der Waals surface area contributed by atoms with E-state index in [2.05, 4.69) is 105 Å². The summed E-state index contributed by atoms with van der Waals surface area (Å²) in [5.41, 5.74) is 9.67. The van der Waals surface area contributed by atoms with E-state index < -0.39 is 0 Å². The Balaban J connectivity index is 1.44. The molecule has 3 aromatic carbocycles. The lowest BCUT2D eigenvalue weighted by Crippen LogP contribution is -2.25. The highest BCUT2D eigenvalue weighted by Crippen LogP contribution is 2.55. The van der Waals surface area contributed by atoms with Gasteiger partial charge in [0, 0.05) is 17.7 Å². The molecule has 2 nitrogen and oxygen atoms in total. The number of hydrogen-bond acceptors (Lipinski definition) is 2. The van der Waals surface area contributed by atoms with Gasteiger partial charge in [0.05, 0.1) is 17.1 Å². The Kier molecular flexibility index (Phi) is 4.42. The zero-order valence-electron chi connectivity index (χ0n) is 19.6. The van der Waals surface area contributed by atoms with Crippen LogP contribution in [-0.4, -0.2) is 9.97 Å². The maximum atomic E-state index is 4.70. The fourth-order valence-electron chi connectivity index (χ4n) is 5.92. The third kappa shape index (κ3) is 3.08. The smallest absolute Gasteiger partial charge is 0.0914 e. The maximum absolute atomic E-state index is 4.70. The number of rotatable bonds is 2. The Morgan fingerprint density at radius 3 is 2.58 bits per heavy atom. The number of aromatic nitrogens is 2. The van der Waals surface area contributed by atoms with Crippen molar-refractivity contribution in [2.45, 2.75) is 39.0 Å². The van der Waals surface area contributed by atoms with Crippen molar-refractivity contribution >= 4 is 16.3 Å². The molecule has 2 atom stereocenters. The third-order valence-electron chi connectivity index (χ3n) is 7.61. The molecule has 4 aromatic rings. The van der Waals surface area contributed by atoms with Gasteiger partial charge in [-0.1, -0.05) is 86.7 Å². The van der Waals surface area contributed by atoms with Gasteiger partial charge in [0.25, 0.3) is 0 Å². The van der Waals surface area contributed by atoms with Crippen LogP contribution in [0.15, 0.2) is 85.1 Å². The monoisotopic (exact) mass is 428 g/mol. The molecule has 0 fully saturated rings. The molecule has 0 amide bonds. The van der Waals surface area contributed by atoms with E-state index in [0.29, 0.717) is 11.8 Å². The molecule has 0 radical (unpaired) electrons. The second-order valence-corrected chi connectivity index (χ2v) is 10.0. The summed E-state index contributed by atoms with van der Waals surface area (Å²) >= 11 is 0. The van der Waals surface area contributed by atoms with Crippen LogP contribution in [-0.2, 0) is 5.41 Å². The van der Waals surface area contributed by atoms with Gasteiger partial charge in [-0.15, -0.1) is 0 Å². The topological polar surface area (TPSA) is 25.8 Å². The van der Waals surface area contributed by atoms with Gasteiger partial charge in [-0.25, -0.2) is 0 Å². The predicted molar refractivity (Wildman–Crippen MR) is 137 cm³/mol. The van der Waals surface area contributed by atoms with Crippen LogP contribution < -0.4 is 0 Å². The summed E-state index contributed by atoms with van der Waals surface area (Å²) in [4.78, 5) is 9.34. The Morgan fingerprint density at radius 2 is 1.73 bits per heavy atom. The lowest BCUT2D eigenvalue weighted by atomic mass is 9.72. The van der Waals surface area contributed by atoms with Gasteiger partial charge in [-0.2, -0.15) is 0 Å². The predicted octanol–water partition coefficient (Wildman–Crippen LogP) is 7.56. The summed E-state index contributed by atoms with van der Waals surface area (Å²) in [5.74, 6) is 0.805. The van der Waals surface area contributed by atoms with E-state index in [-0.39, 0.29) is 5.41 Å². The molecule has 1 aromatic heterocycles. The summed E-state index contributed by atoms with van der Waals surface area (Å²) in [6.45, 7) is 8.83. The van der Waals surface area contributed by atoms with Crippen molar-refractivity contribution in [1.82, 2.24) is 9.97 Å². The average molecular weight is 429 g/mol. The largest absolute Gasteiger partial charge is 0.255 e. The van der Waals surface area contributed by atoms with Crippen molar-refractivity contribution < 1.29 is 0 Å². The van der Waals surface area contributed by atoms with Crippen molar-refractivity contribution in [2.75, 3.05) is 0 Å². The van der Waals surface area contributed by atoms with Crippen LogP contribution in [0, 0.1) is 19.8 Å². The molecule has 33 heavy (non-hydrogen) atoms. The van der Waals surface area contributed by atoms with E-state index in [1.807, 2.05) is 13.1 Å². The molecule has 2 heteroatoms. The number of fused-ring (bicyclic) bond motifs is 4. The molecule has 2 aliphatic carbocycles. The van der Waals surface area contributed by atoms with Gasteiger partial charge in [-0.05, 0) is 64.3 Å². The minimum absolute atomic E-state index is 0.0626. The molecule has 0 bridgehead atoms. The Hall–Kier alpha value is -3.52. The molecule has 0 N–H and O–H groups in total. The van der Waals surface area contributed by atoms with Crippen molar-refractivity contribution in [2.24, 2.45) is 5.92 Å². The Morgan fingerprint density at radius 1 is 0.909 bits per heavy atom. The van der Waals surface area contributed by atoms with Crippen LogP contribution in [0.1, 0.15) is 47.8 Å². The summed E-state index contributed by atoms with van der Waals surface area (Å²) in [6.07, 6.45) is 9.13. The van der Waals surface area contributed by atoms with E-state index in [9.17, 15) is 0 Å². The molecular formula is C31H28N2. The van der Waals surface area contributed by atoms with Crippen LogP contribution in [0.5, 0.6) is 0 Å². The molecule has 0 aliphatic heterocycles. The lowest BCUT2D eigenvalue weighted by Gasteiger charge is -2.31. The molecule has 2 unspecified atom stereocenters. The highest BCUT2D eigenvalue weighted by molar-refractivity contribution is 5.96. The van der Waals surface area contributed by atoms with Gasteiger partial charge in [0.2, 0.25) is 0 Å². The minimum Gasteiger partial charge on any atom is -0.255 e. The van der Waals surface area contributed by atoms with Gasteiger partial charge < -0.3 is 0 Å². The molecular weight excluding hydrogens is 400 g/mol. The van der Waals surface area contributed by atoms with Gasteiger partial charge >= 0.3 is 0 Å². The number of hydrogen-bond donors (Lipinski definition) is 0. The first-order valence-corrected chi connectivity index (χ1v) is 11.8. The van der Waals surface area contributed by atoms with E-state index in [1.165, 1.54) is 33.0 Å². The van der Waals surface area contributed by atoms with Crippen molar-refractivity contribution in [3.05, 3.63) is 113 Å². The fourth-order valence-corrected chi connectivity index (χ4v) is 5.92. The first-order valence-electron chi connectivity index (χ1n) is 11.8. The first kappa shape index (κ1) is 20.1. The van der Waals surface area contributed by atoms with Crippen molar-refractivity contribution in [3.63, 3.8) is 0 Å². The standard InChI is InChI=1S/C31H28N2/c1-19-18-32-30(20(2)33-19)23-13-15-28-27(16-23)26-14-12-22(17-29(26)31(28,3)4)25-11-7-9-21-8-5-6-10-24(21)25/h5-18,26,29H,1-4H3. The number of aryl methyl sites for hydroxylation is 2. The first-order chi connectivity index (χ1) is 15.9. The molecule has 0 saturated heterocycles. The highest BCUT2D eigenvalue weighted by Gasteiger charge is 2.45. The lowest BCUT2D eigenvalue weighted by molar-refractivity contribution is 0.395. The van der Waals surface area contributed by atoms with Crippen LogP contribution in [0.2, 0.25) is 0 Å². The SMILES string of the molecule is Cc1cnc(-c2ccc3c(c2)C2C=CC(c4cccc5ccccc45)=CC2C3(C)C)c(C)n1. The zero-order chi connectivity index (χ0) is 22.7. The average Bonchev–Trinajstić information content (AvgIpc) is 3.04. The summed E-state index contributed by atoms with van der Waals surface area (Å²) in [6, 6.07) is 22.2. The van der Waals surface area contributed by atoms with Gasteiger partial charge in [-0.3, -0.25) is 9.97 Å². The Bertz CT molecular complexity index is 1470. The van der Waals surface area contributed by atoms with Crippen LogP contribution in [0.4, 0.5) is 0 Å². The minimum atomic E-state index is 0.0626. The van der Waals surface area contributed by atoms with E-state index in [1.54, 1.807) is 0 Å². The van der Waals surface area contributed by atoms with Gasteiger partial charge in [0.15, 0.2) is 0 Å². The molecule has 6 rings (SSSR count). The summed E-state index contributed by atoms with van der Waals surface area (Å²) in [7, 11) is 0. The molecule has 2 aliphatic rings. The zero-order valence-corrected chi connectivity index (χ0v) is 19.6. The Labute approximate surface area is 195 Å². The molecule has 0 saturated carbocycles. The number of benzene rings is 3. The summed E-state index contributed by atoms with van der Waals surface area (Å²) < 4.78 is 0. The summed E-state index contributed by atoms with van der Waals surface area (Å²) in [5, 5.41) is 2.61. The van der Waals surface area contributed by atoms with E-state index in [0.717, 1.165) is 22.6 Å². The quantitative estimate of drug-likeness (QED) is 0.329. The maximum Gasteiger partial charge on any atom is 0.0914 e.